The first kappa shape index (κ1) is 16.1. The summed E-state index contributed by atoms with van der Waals surface area (Å²) in [6, 6.07) is 9.67. The van der Waals surface area contributed by atoms with Gasteiger partial charge in [0.1, 0.15) is 6.26 Å². The Kier molecular flexibility index (Phi) is 4.79. The van der Waals surface area contributed by atoms with Gasteiger partial charge in [0.25, 0.3) is 5.91 Å². The largest absolute Gasteiger partial charge is 0.472 e. The van der Waals surface area contributed by atoms with Crippen molar-refractivity contribution < 1.29 is 14.0 Å². The van der Waals surface area contributed by atoms with Crippen molar-refractivity contribution in [3.05, 3.63) is 65.6 Å². The molecule has 2 amide bonds. The number of amides is 2. The molecule has 1 saturated heterocycles. The van der Waals surface area contributed by atoms with E-state index in [4.69, 9.17) is 4.42 Å². The Hall–Kier alpha value is -2.82. The number of carbonyl (C=O) groups excluding carboxylic acids is 2. The van der Waals surface area contributed by atoms with Crippen molar-refractivity contribution in [2.45, 2.75) is 6.92 Å². The summed E-state index contributed by atoms with van der Waals surface area (Å²) in [7, 11) is 0. The van der Waals surface area contributed by atoms with Crippen LogP contribution in [0, 0.1) is 6.92 Å². The number of hydrogen-bond acceptors (Lipinski definition) is 3. The molecule has 1 aromatic carbocycles. The number of carbonyl (C=O) groups is 2. The molecule has 5 heteroatoms. The van der Waals surface area contributed by atoms with Crippen molar-refractivity contribution in [3.8, 4) is 0 Å². The molecule has 3 rings (SSSR count). The predicted molar refractivity (Wildman–Crippen MR) is 91.4 cm³/mol. The lowest BCUT2D eigenvalue weighted by Gasteiger charge is -2.34. The fraction of sp³-hybridized carbons (Fsp3) is 0.263. The zero-order valence-corrected chi connectivity index (χ0v) is 13.6. The van der Waals surface area contributed by atoms with Crippen molar-refractivity contribution in [2.24, 2.45) is 0 Å². The number of hydrogen-bond donors (Lipinski definition) is 0. The van der Waals surface area contributed by atoms with Gasteiger partial charge < -0.3 is 14.2 Å². The lowest BCUT2D eigenvalue weighted by molar-refractivity contribution is -0.127. The first-order chi connectivity index (χ1) is 11.6. The van der Waals surface area contributed by atoms with Gasteiger partial charge in [0, 0.05) is 32.3 Å². The molecule has 2 aromatic rings. The second-order valence-corrected chi connectivity index (χ2v) is 5.87. The van der Waals surface area contributed by atoms with Crippen molar-refractivity contribution >= 4 is 17.9 Å². The van der Waals surface area contributed by atoms with Crippen LogP contribution in [-0.4, -0.2) is 47.8 Å². The fourth-order valence-electron chi connectivity index (χ4n) is 2.65. The summed E-state index contributed by atoms with van der Waals surface area (Å²) >= 11 is 0. The quantitative estimate of drug-likeness (QED) is 0.816. The third kappa shape index (κ3) is 3.74. The van der Waals surface area contributed by atoms with Gasteiger partial charge in [0.2, 0.25) is 5.91 Å². The van der Waals surface area contributed by atoms with Gasteiger partial charge in [-0.05, 0) is 24.6 Å². The van der Waals surface area contributed by atoms with E-state index in [2.05, 4.69) is 0 Å². The number of rotatable bonds is 3. The molecule has 0 radical (unpaired) electrons. The molecular formula is C19H20N2O3. The first-order valence-corrected chi connectivity index (χ1v) is 7.98. The Morgan fingerprint density at radius 3 is 2.29 bits per heavy atom. The molecule has 0 unspecified atom stereocenters. The average Bonchev–Trinajstić information content (AvgIpc) is 3.15. The van der Waals surface area contributed by atoms with Crippen LogP contribution in [0.2, 0.25) is 0 Å². The minimum absolute atomic E-state index is 0.0222. The van der Waals surface area contributed by atoms with E-state index in [1.807, 2.05) is 37.3 Å². The molecule has 1 aliphatic heterocycles. The number of benzene rings is 1. The average molecular weight is 324 g/mol. The molecule has 24 heavy (non-hydrogen) atoms. The van der Waals surface area contributed by atoms with E-state index >= 15 is 0 Å². The topological polar surface area (TPSA) is 53.8 Å². The summed E-state index contributed by atoms with van der Waals surface area (Å²) in [6.07, 6.45) is 6.36. The van der Waals surface area contributed by atoms with Gasteiger partial charge in [-0.1, -0.05) is 29.8 Å². The molecule has 0 aliphatic carbocycles. The molecule has 1 aliphatic rings. The van der Waals surface area contributed by atoms with Gasteiger partial charge in [0.15, 0.2) is 0 Å². The van der Waals surface area contributed by atoms with E-state index in [-0.39, 0.29) is 11.8 Å². The number of piperazine rings is 1. The summed E-state index contributed by atoms with van der Waals surface area (Å²) < 4.78 is 4.95. The Morgan fingerprint density at radius 1 is 1.00 bits per heavy atom. The van der Waals surface area contributed by atoms with E-state index < -0.39 is 0 Å². The third-order valence-corrected chi connectivity index (χ3v) is 4.14. The molecule has 0 bridgehead atoms. The number of nitrogens with zero attached hydrogens (tertiary/aromatic N) is 2. The zero-order chi connectivity index (χ0) is 16.9. The van der Waals surface area contributed by atoms with Crippen LogP contribution in [0.25, 0.3) is 6.08 Å². The second kappa shape index (κ2) is 7.17. The Balaban J connectivity index is 1.53. The molecule has 0 saturated carbocycles. The molecule has 1 aromatic heterocycles. The van der Waals surface area contributed by atoms with Crippen LogP contribution < -0.4 is 0 Å². The zero-order valence-electron chi connectivity index (χ0n) is 13.6. The SMILES string of the molecule is Cc1ccc(/C=C/C(=O)N2CCN(C(=O)c3ccoc3)CC2)cc1. The first-order valence-electron chi connectivity index (χ1n) is 7.98. The lowest BCUT2D eigenvalue weighted by atomic mass is 10.1. The molecule has 0 spiro atoms. The van der Waals surface area contributed by atoms with E-state index in [1.165, 1.54) is 18.1 Å². The van der Waals surface area contributed by atoms with E-state index in [9.17, 15) is 9.59 Å². The summed E-state index contributed by atoms with van der Waals surface area (Å²) in [5.74, 6) is -0.0722. The summed E-state index contributed by atoms with van der Waals surface area (Å²) in [5.41, 5.74) is 2.74. The highest BCUT2D eigenvalue weighted by atomic mass is 16.3. The number of furan rings is 1. The van der Waals surface area contributed by atoms with Gasteiger partial charge in [-0.2, -0.15) is 0 Å². The fourth-order valence-corrected chi connectivity index (χ4v) is 2.65. The molecule has 0 atom stereocenters. The van der Waals surface area contributed by atoms with Crippen LogP contribution in [0.3, 0.4) is 0 Å². The molecular weight excluding hydrogens is 304 g/mol. The maximum absolute atomic E-state index is 12.3. The van der Waals surface area contributed by atoms with Crippen LogP contribution >= 0.6 is 0 Å². The summed E-state index contributed by atoms with van der Waals surface area (Å²) in [5, 5.41) is 0. The van der Waals surface area contributed by atoms with Crippen LogP contribution in [0.15, 0.2) is 53.4 Å². The molecule has 5 nitrogen and oxygen atoms in total. The smallest absolute Gasteiger partial charge is 0.257 e. The standard InChI is InChI=1S/C19H20N2O3/c1-15-2-4-16(5-3-15)6-7-18(22)20-9-11-21(12-10-20)19(23)17-8-13-24-14-17/h2-8,13-14H,9-12H2,1H3/b7-6+. The highest BCUT2D eigenvalue weighted by Gasteiger charge is 2.24. The van der Waals surface area contributed by atoms with Crippen LogP contribution in [0.1, 0.15) is 21.5 Å². The van der Waals surface area contributed by atoms with Crippen LogP contribution in [0.4, 0.5) is 0 Å². The molecule has 2 heterocycles. The number of aryl methyl sites for hydroxylation is 1. The normalized spacial score (nSPS) is 15.0. The minimum atomic E-state index is -0.0500. The van der Waals surface area contributed by atoms with Crippen LogP contribution in [0.5, 0.6) is 0 Å². The maximum Gasteiger partial charge on any atom is 0.257 e. The van der Waals surface area contributed by atoms with E-state index in [0.29, 0.717) is 31.7 Å². The minimum Gasteiger partial charge on any atom is -0.472 e. The Labute approximate surface area is 141 Å². The van der Waals surface area contributed by atoms with E-state index in [0.717, 1.165) is 5.56 Å². The lowest BCUT2D eigenvalue weighted by Crippen LogP contribution is -2.50. The highest BCUT2D eigenvalue weighted by molar-refractivity contribution is 5.94. The Bertz CT molecular complexity index is 724. The molecule has 124 valence electrons. The van der Waals surface area contributed by atoms with Crippen molar-refractivity contribution in [2.75, 3.05) is 26.2 Å². The summed E-state index contributed by atoms with van der Waals surface area (Å²) in [4.78, 5) is 28.0. The maximum atomic E-state index is 12.3. The molecule has 1 fully saturated rings. The van der Waals surface area contributed by atoms with Gasteiger partial charge in [-0.3, -0.25) is 9.59 Å². The van der Waals surface area contributed by atoms with Gasteiger partial charge in [-0.25, -0.2) is 0 Å². The van der Waals surface area contributed by atoms with Gasteiger partial charge in [-0.15, -0.1) is 0 Å². The predicted octanol–water partition coefficient (Wildman–Crippen LogP) is 2.59. The van der Waals surface area contributed by atoms with Crippen molar-refractivity contribution in [1.29, 1.82) is 0 Å². The van der Waals surface area contributed by atoms with E-state index in [1.54, 1.807) is 21.9 Å². The van der Waals surface area contributed by atoms with Gasteiger partial charge >= 0.3 is 0 Å². The Morgan fingerprint density at radius 2 is 1.67 bits per heavy atom. The molecule has 0 N–H and O–H groups in total. The van der Waals surface area contributed by atoms with Crippen molar-refractivity contribution in [3.63, 3.8) is 0 Å². The van der Waals surface area contributed by atoms with Gasteiger partial charge in [0.05, 0.1) is 11.8 Å². The monoisotopic (exact) mass is 324 g/mol. The summed E-state index contributed by atoms with van der Waals surface area (Å²) in [6.45, 7) is 4.19. The van der Waals surface area contributed by atoms with Crippen LogP contribution in [-0.2, 0) is 4.79 Å². The third-order valence-electron chi connectivity index (χ3n) is 4.14. The second-order valence-electron chi connectivity index (χ2n) is 5.87. The van der Waals surface area contributed by atoms with Crippen molar-refractivity contribution in [1.82, 2.24) is 9.80 Å². The highest BCUT2D eigenvalue weighted by Crippen LogP contribution is 2.10.